The van der Waals surface area contributed by atoms with Crippen LogP contribution in [0.4, 0.5) is 5.69 Å². The smallest absolute Gasteiger partial charge is 0.269 e. The molecule has 1 N–H and O–H groups in total. The Hall–Kier alpha value is -2.19. The van der Waals surface area contributed by atoms with Crippen LogP contribution >= 0.6 is 23.1 Å². The Labute approximate surface area is 133 Å². The summed E-state index contributed by atoms with van der Waals surface area (Å²) in [6, 6.07) is 8.18. The van der Waals surface area contributed by atoms with Gasteiger partial charge in [0, 0.05) is 22.8 Å². The van der Waals surface area contributed by atoms with Gasteiger partial charge in [-0.05, 0) is 18.6 Å². The molecule has 0 saturated carbocycles. The van der Waals surface area contributed by atoms with E-state index in [1.54, 1.807) is 12.1 Å². The minimum Gasteiger partial charge on any atom is -0.301 e. The van der Waals surface area contributed by atoms with Gasteiger partial charge in [-0.2, -0.15) is 0 Å². The molecular weight excluding hydrogens is 322 g/mol. The zero-order valence-corrected chi connectivity index (χ0v) is 13.2. The molecule has 1 aromatic carbocycles. The largest absolute Gasteiger partial charge is 0.301 e. The number of aromatic nitrogens is 2. The number of fused-ring (bicyclic) bond motifs is 1. The van der Waals surface area contributed by atoms with E-state index in [4.69, 9.17) is 0 Å². The quantitative estimate of drug-likeness (QED) is 0.342. The molecule has 0 spiro atoms. The van der Waals surface area contributed by atoms with Gasteiger partial charge in [0.15, 0.2) is 5.16 Å². The number of rotatable bonds is 4. The first kappa shape index (κ1) is 14.7. The molecule has 112 valence electrons. The number of nitrogens with one attached hydrogen (secondary N) is 1. The van der Waals surface area contributed by atoms with Gasteiger partial charge >= 0.3 is 0 Å². The minimum atomic E-state index is -0.428. The Morgan fingerprint density at radius 3 is 2.77 bits per heavy atom. The van der Waals surface area contributed by atoms with Crippen LogP contribution in [0.5, 0.6) is 0 Å². The van der Waals surface area contributed by atoms with E-state index in [1.807, 2.05) is 13.0 Å². The predicted molar refractivity (Wildman–Crippen MR) is 87.6 cm³/mol. The average Bonchev–Trinajstić information content (AvgIpc) is 2.86. The summed E-state index contributed by atoms with van der Waals surface area (Å²) in [5.41, 5.74) is 0.858. The van der Waals surface area contributed by atoms with E-state index in [2.05, 4.69) is 9.97 Å². The van der Waals surface area contributed by atoms with Crippen LogP contribution in [0.25, 0.3) is 10.2 Å². The van der Waals surface area contributed by atoms with Gasteiger partial charge in [-0.3, -0.25) is 14.9 Å². The van der Waals surface area contributed by atoms with Gasteiger partial charge in [0.05, 0.1) is 10.3 Å². The molecule has 2 aromatic heterocycles. The number of nitro groups is 1. The summed E-state index contributed by atoms with van der Waals surface area (Å²) in [4.78, 5) is 31.1. The van der Waals surface area contributed by atoms with Gasteiger partial charge < -0.3 is 4.98 Å². The second-order valence-electron chi connectivity index (χ2n) is 4.66. The fourth-order valence-electron chi connectivity index (χ4n) is 1.97. The van der Waals surface area contributed by atoms with Crippen molar-refractivity contribution >= 4 is 39.0 Å². The van der Waals surface area contributed by atoms with E-state index in [0.717, 1.165) is 15.3 Å². The first-order valence-electron chi connectivity index (χ1n) is 6.39. The molecule has 0 aliphatic rings. The lowest BCUT2D eigenvalue weighted by Crippen LogP contribution is -2.07. The highest BCUT2D eigenvalue weighted by molar-refractivity contribution is 7.98. The van der Waals surface area contributed by atoms with Crippen LogP contribution in [0, 0.1) is 17.0 Å². The van der Waals surface area contributed by atoms with E-state index < -0.39 is 4.92 Å². The van der Waals surface area contributed by atoms with Crippen molar-refractivity contribution in [1.29, 1.82) is 0 Å². The van der Waals surface area contributed by atoms with Crippen molar-refractivity contribution in [2.45, 2.75) is 17.8 Å². The third kappa shape index (κ3) is 3.02. The lowest BCUT2D eigenvalue weighted by atomic mass is 10.2. The summed E-state index contributed by atoms with van der Waals surface area (Å²) >= 11 is 2.88. The summed E-state index contributed by atoms with van der Waals surface area (Å²) in [6.07, 6.45) is 0. The Morgan fingerprint density at radius 2 is 2.09 bits per heavy atom. The Balaban J connectivity index is 1.78. The number of hydrogen-bond donors (Lipinski definition) is 1. The second kappa shape index (κ2) is 5.90. The monoisotopic (exact) mass is 333 g/mol. The lowest BCUT2D eigenvalue weighted by Gasteiger charge is -2.01. The van der Waals surface area contributed by atoms with Crippen LogP contribution in [0.3, 0.4) is 0 Å². The number of hydrogen-bond acceptors (Lipinski definition) is 6. The van der Waals surface area contributed by atoms with Gasteiger partial charge in [-0.15, -0.1) is 11.3 Å². The molecule has 0 aliphatic carbocycles. The van der Waals surface area contributed by atoms with Gasteiger partial charge in [0.25, 0.3) is 11.2 Å². The first-order chi connectivity index (χ1) is 10.5. The fraction of sp³-hybridized carbons (Fsp3) is 0.143. The van der Waals surface area contributed by atoms with E-state index in [1.165, 1.54) is 35.2 Å². The lowest BCUT2D eigenvalue weighted by molar-refractivity contribution is -0.384. The summed E-state index contributed by atoms with van der Waals surface area (Å²) in [5, 5.41) is 11.8. The van der Waals surface area contributed by atoms with Crippen LogP contribution in [0.2, 0.25) is 0 Å². The standard InChI is InChI=1S/C14H11N3O3S2/c1-8-6-11-12(18)15-14(16-13(11)22-8)21-7-9-2-4-10(5-3-9)17(19)20/h2-6H,7H2,1H3,(H,15,16,18). The molecule has 2 heterocycles. The minimum absolute atomic E-state index is 0.0655. The second-order valence-corrected chi connectivity index (χ2v) is 6.86. The van der Waals surface area contributed by atoms with Crippen molar-refractivity contribution in [3.63, 3.8) is 0 Å². The maximum Gasteiger partial charge on any atom is 0.269 e. The first-order valence-corrected chi connectivity index (χ1v) is 8.20. The molecule has 0 saturated heterocycles. The molecule has 0 unspecified atom stereocenters. The van der Waals surface area contributed by atoms with Crippen LogP contribution in [-0.2, 0) is 5.75 Å². The molecule has 0 aliphatic heterocycles. The summed E-state index contributed by atoms with van der Waals surface area (Å²) < 4.78 is 0. The van der Waals surface area contributed by atoms with Gasteiger partial charge in [-0.25, -0.2) is 4.98 Å². The number of H-pyrrole nitrogens is 1. The van der Waals surface area contributed by atoms with E-state index in [-0.39, 0.29) is 11.2 Å². The number of non-ortho nitro benzene ring substituents is 1. The van der Waals surface area contributed by atoms with Crippen molar-refractivity contribution in [1.82, 2.24) is 9.97 Å². The highest BCUT2D eigenvalue weighted by atomic mass is 32.2. The van der Waals surface area contributed by atoms with Gasteiger partial charge in [0.2, 0.25) is 0 Å². The highest BCUT2D eigenvalue weighted by Crippen LogP contribution is 2.24. The Bertz CT molecular complexity index is 900. The van der Waals surface area contributed by atoms with Crippen molar-refractivity contribution in [2.24, 2.45) is 0 Å². The summed E-state index contributed by atoms with van der Waals surface area (Å²) in [6.45, 7) is 1.94. The average molecular weight is 333 g/mol. The van der Waals surface area contributed by atoms with Crippen LogP contribution < -0.4 is 5.56 Å². The topological polar surface area (TPSA) is 88.9 Å². The molecule has 0 fully saturated rings. The number of thiophene rings is 1. The van der Waals surface area contributed by atoms with E-state index >= 15 is 0 Å². The summed E-state index contributed by atoms with van der Waals surface area (Å²) in [7, 11) is 0. The number of nitrogens with zero attached hydrogens (tertiary/aromatic N) is 2. The third-order valence-corrected chi connectivity index (χ3v) is 4.92. The van der Waals surface area contributed by atoms with Gasteiger partial charge in [0.1, 0.15) is 4.83 Å². The Morgan fingerprint density at radius 1 is 1.36 bits per heavy atom. The number of benzene rings is 1. The molecule has 0 amide bonds. The molecule has 6 nitrogen and oxygen atoms in total. The zero-order valence-electron chi connectivity index (χ0n) is 11.5. The molecule has 3 aromatic rings. The van der Waals surface area contributed by atoms with Crippen molar-refractivity contribution in [3.8, 4) is 0 Å². The number of aryl methyl sites for hydroxylation is 1. The third-order valence-electron chi connectivity index (χ3n) is 3.03. The SMILES string of the molecule is Cc1cc2c(=O)[nH]c(SCc3ccc([N+](=O)[O-])cc3)nc2s1. The maximum atomic E-state index is 12.0. The van der Waals surface area contributed by atoms with Crippen molar-refractivity contribution in [3.05, 3.63) is 61.2 Å². The molecule has 0 bridgehead atoms. The molecule has 8 heteroatoms. The number of aromatic amines is 1. The predicted octanol–water partition coefficient (Wildman–Crippen LogP) is 3.49. The highest BCUT2D eigenvalue weighted by Gasteiger charge is 2.08. The van der Waals surface area contributed by atoms with Crippen LogP contribution in [-0.4, -0.2) is 14.9 Å². The zero-order chi connectivity index (χ0) is 15.7. The summed E-state index contributed by atoms with van der Waals surface area (Å²) in [5.74, 6) is 0.580. The molecular formula is C14H11N3O3S2. The molecule has 0 atom stereocenters. The maximum absolute atomic E-state index is 12.0. The number of nitro benzene ring substituents is 1. The van der Waals surface area contributed by atoms with Crippen LogP contribution in [0.15, 0.2) is 40.3 Å². The normalized spacial score (nSPS) is 11.0. The Kier molecular flexibility index (Phi) is 3.95. The van der Waals surface area contributed by atoms with Crippen LogP contribution in [0.1, 0.15) is 10.4 Å². The van der Waals surface area contributed by atoms with Crippen molar-refractivity contribution in [2.75, 3.05) is 0 Å². The van der Waals surface area contributed by atoms with Gasteiger partial charge in [-0.1, -0.05) is 23.9 Å². The molecule has 3 rings (SSSR count). The molecule has 22 heavy (non-hydrogen) atoms. The molecule has 0 radical (unpaired) electrons. The van der Waals surface area contributed by atoms with E-state index in [0.29, 0.717) is 16.3 Å². The van der Waals surface area contributed by atoms with Crippen molar-refractivity contribution < 1.29 is 4.92 Å². The number of thioether (sulfide) groups is 1. The van der Waals surface area contributed by atoms with E-state index in [9.17, 15) is 14.9 Å². The fourth-order valence-corrected chi connectivity index (χ4v) is 3.72.